The molecular weight excluding hydrogens is 353 g/mol. The topological polar surface area (TPSA) is 24.9 Å². The maximum Gasteiger partial charge on any atom is 0.418 e. The van der Waals surface area contributed by atoms with Gasteiger partial charge < -0.3 is 5.32 Å². The lowest BCUT2D eigenvalue weighted by Gasteiger charge is -2.20. The largest absolute Gasteiger partial charge is 0.418 e. The molecule has 1 unspecified atom stereocenters. The molecule has 0 aliphatic rings. The highest BCUT2D eigenvalue weighted by molar-refractivity contribution is 9.10. The average molecular weight is 365 g/mol. The first kappa shape index (κ1) is 15.3. The molecule has 1 aromatic carbocycles. The van der Waals surface area contributed by atoms with Crippen molar-refractivity contribution in [1.29, 1.82) is 0 Å². The number of benzene rings is 1. The van der Waals surface area contributed by atoms with Gasteiger partial charge in [-0.2, -0.15) is 13.2 Å². The van der Waals surface area contributed by atoms with Crippen molar-refractivity contribution in [2.45, 2.75) is 25.6 Å². The van der Waals surface area contributed by atoms with E-state index in [0.29, 0.717) is 10.9 Å². The van der Waals surface area contributed by atoms with E-state index >= 15 is 0 Å². The second-order valence-electron chi connectivity index (χ2n) is 4.16. The third-order valence-electron chi connectivity index (χ3n) is 2.77. The zero-order valence-corrected chi connectivity index (χ0v) is 12.9. The van der Waals surface area contributed by atoms with E-state index in [0.717, 1.165) is 11.1 Å². The van der Waals surface area contributed by atoms with Crippen LogP contribution in [0.4, 0.5) is 18.9 Å². The molecule has 2 rings (SSSR count). The van der Waals surface area contributed by atoms with Crippen LogP contribution in [0.5, 0.6) is 0 Å². The first-order valence-electron chi connectivity index (χ1n) is 5.94. The highest BCUT2D eigenvalue weighted by atomic mass is 79.9. The molecule has 0 amide bonds. The fraction of sp³-hybridized carbons (Fsp3) is 0.308. The maximum atomic E-state index is 13.1. The van der Waals surface area contributed by atoms with E-state index in [2.05, 4.69) is 26.2 Å². The van der Waals surface area contributed by atoms with Gasteiger partial charge in [-0.05, 0) is 24.6 Å². The zero-order chi connectivity index (χ0) is 14.8. The smallest absolute Gasteiger partial charge is 0.375 e. The molecule has 108 valence electrons. The molecule has 0 radical (unpaired) electrons. The van der Waals surface area contributed by atoms with Gasteiger partial charge in [0.05, 0.1) is 11.6 Å². The Labute approximate surface area is 127 Å². The highest BCUT2D eigenvalue weighted by Crippen LogP contribution is 2.38. The van der Waals surface area contributed by atoms with Crippen LogP contribution in [0.1, 0.15) is 30.0 Å². The van der Waals surface area contributed by atoms with Gasteiger partial charge in [-0.1, -0.05) is 22.9 Å². The van der Waals surface area contributed by atoms with Crippen molar-refractivity contribution >= 4 is 33.0 Å². The van der Waals surface area contributed by atoms with Crippen LogP contribution in [-0.2, 0) is 6.18 Å². The normalized spacial score (nSPS) is 13.2. The molecule has 20 heavy (non-hydrogen) atoms. The molecule has 1 heterocycles. The molecule has 0 bridgehead atoms. The predicted octanol–water partition coefficient (Wildman–Crippen LogP) is 5.49. The van der Waals surface area contributed by atoms with Crippen molar-refractivity contribution in [3.8, 4) is 0 Å². The van der Waals surface area contributed by atoms with Crippen LogP contribution in [0.15, 0.2) is 34.2 Å². The molecule has 2 nitrogen and oxygen atoms in total. The SMILES string of the molecule is CCC(Nc1ccc(Br)cc1C(F)(F)F)c1nccs1. The molecule has 0 saturated heterocycles. The van der Waals surface area contributed by atoms with Gasteiger partial charge in [-0.25, -0.2) is 4.98 Å². The first-order valence-corrected chi connectivity index (χ1v) is 7.61. The molecule has 0 aliphatic carbocycles. The van der Waals surface area contributed by atoms with Crippen molar-refractivity contribution in [3.63, 3.8) is 0 Å². The Morgan fingerprint density at radius 1 is 1.40 bits per heavy atom. The Balaban J connectivity index is 2.33. The minimum Gasteiger partial charge on any atom is -0.375 e. The van der Waals surface area contributed by atoms with Crippen LogP contribution in [-0.4, -0.2) is 4.98 Å². The second-order valence-corrected chi connectivity index (χ2v) is 6.00. The van der Waals surface area contributed by atoms with Gasteiger partial charge in [0.25, 0.3) is 0 Å². The van der Waals surface area contributed by atoms with Crippen molar-refractivity contribution < 1.29 is 13.2 Å². The second kappa shape index (κ2) is 6.13. The summed E-state index contributed by atoms with van der Waals surface area (Å²) in [6.07, 6.45) is -2.09. The van der Waals surface area contributed by atoms with E-state index in [1.807, 2.05) is 12.3 Å². The summed E-state index contributed by atoms with van der Waals surface area (Å²) in [5.41, 5.74) is -0.607. The molecule has 2 aromatic rings. The third kappa shape index (κ3) is 3.52. The highest BCUT2D eigenvalue weighted by Gasteiger charge is 2.34. The Morgan fingerprint density at radius 3 is 2.70 bits per heavy atom. The average Bonchev–Trinajstić information content (AvgIpc) is 2.90. The van der Waals surface area contributed by atoms with Gasteiger partial charge in [-0.15, -0.1) is 11.3 Å². The summed E-state index contributed by atoms with van der Waals surface area (Å²) in [4.78, 5) is 4.16. The summed E-state index contributed by atoms with van der Waals surface area (Å²) >= 11 is 4.50. The molecule has 0 aliphatic heterocycles. The third-order valence-corrected chi connectivity index (χ3v) is 4.16. The van der Waals surface area contributed by atoms with Crippen LogP contribution in [0.25, 0.3) is 0 Å². The van der Waals surface area contributed by atoms with E-state index in [9.17, 15) is 13.2 Å². The van der Waals surface area contributed by atoms with Gasteiger partial charge in [0.2, 0.25) is 0 Å². The van der Waals surface area contributed by atoms with E-state index in [-0.39, 0.29) is 11.7 Å². The molecule has 1 N–H and O–H groups in total. The van der Waals surface area contributed by atoms with Crippen LogP contribution >= 0.6 is 27.3 Å². The van der Waals surface area contributed by atoms with Gasteiger partial charge >= 0.3 is 6.18 Å². The van der Waals surface area contributed by atoms with Gasteiger partial charge in [0.1, 0.15) is 5.01 Å². The van der Waals surface area contributed by atoms with Gasteiger partial charge in [-0.3, -0.25) is 0 Å². The minimum atomic E-state index is -4.40. The fourth-order valence-electron chi connectivity index (χ4n) is 1.81. The quantitative estimate of drug-likeness (QED) is 0.775. The summed E-state index contributed by atoms with van der Waals surface area (Å²) in [6.45, 7) is 1.91. The summed E-state index contributed by atoms with van der Waals surface area (Å²) in [7, 11) is 0. The van der Waals surface area contributed by atoms with Gasteiger partial charge in [0.15, 0.2) is 0 Å². The Hall–Kier alpha value is -1.08. The number of nitrogens with one attached hydrogen (secondary N) is 1. The monoisotopic (exact) mass is 364 g/mol. The number of aromatic nitrogens is 1. The molecule has 0 spiro atoms. The number of alkyl halides is 3. The summed E-state index contributed by atoms with van der Waals surface area (Å²) < 4.78 is 39.6. The van der Waals surface area contributed by atoms with E-state index < -0.39 is 11.7 Å². The van der Waals surface area contributed by atoms with Crippen LogP contribution < -0.4 is 5.32 Å². The van der Waals surface area contributed by atoms with Crippen molar-refractivity contribution in [2.75, 3.05) is 5.32 Å². The molecule has 1 aromatic heterocycles. The standard InChI is InChI=1S/C13H12BrF3N2S/c1-2-10(12-18-5-6-20-12)19-11-4-3-8(14)7-9(11)13(15,16)17/h3-7,10,19H,2H2,1H3. The molecule has 1 atom stereocenters. The summed E-state index contributed by atoms with van der Waals surface area (Å²) in [5, 5.41) is 5.53. The number of thiazole rings is 1. The van der Waals surface area contributed by atoms with E-state index in [4.69, 9.17) is 0 Å². The Kier molecular flexibility index (Phi) is 4.70. The predicted molar refractivity (Wildman–Crippen MR) is 77.9 cm³/mol. The van der Waals surface area contributed by atoms with E-state index in [1.165, 1.54) is 17.4 Å². The zero-order valence-electron chi connectivity index (χ0n) is 10.5. The first-order chi connectivity index (χ1) is 9.41. The van der Waals surface area contributed by atoms with Crippen LogP contribution in [0.2, 0.25) is 0 Å². The lowest BCUT2D eigenvalue weighted by atomic mass is 10.1. The summed E-state index contributed by atoms with van der Waals surface area (Å²) in [5.74, 6) is 0. The number of hydrogen-bond donors (Lipinski definition) is 1. The number of hydrogen-bond acceptors (Lipinski definition) is 3. The molecule has 7 heteroatoms. The number of rotatable bonds is 4. The van der Waals surface area contributed by atoms with Crippen LogP contribution in [0, 0.1) is 0 Å². The number of anilines is 1. The fourth-order valence-corrected chi connectivity index (χ4v) is 2.94. The number of halogens is 4. The van der Waals surface area contributed by atoms with Gasteiger partial charge in [0, 0.05) is 21.7 Å². The van der Waals surface area contributed by atoms with Crippen molar-refractivity contribution in [3.05, 3.63) is 44.8 Å². The molecule has 0 saturated carbocycles. The maximum absolute atomic E-state index is 13.1. The minimum absolute atomic E-state index is 0.0720. The number of nitrogens with zero attached hydrogens (tertiary/aromatic N) is 1. The summed E-state index contributed by atoms with van der Waals surface area (Å²) in [6, 6.07) is 3.88. The Morgan fingerprint density at radius 2 is 2.15 bits per heavy atom. The van der Waals surface area contributed by atoms with Crippen molar-refractivity contribution in [2.24, 2.45) is 0 Å². The lowest BCUT2D eigenvalue weighted by molar-refractivity contribution is -0.137. The lowest BCUT2D eigenvalue weighted by Crippen LogP contribution is -2.15. The molecule has 0 fully saturated rings. The van der Waals surface area contributed by atoms with E-state index in [1.54, 1.807) is 12.3 Å². The van der Waals surface area contributed by atoms with Crippen LogP contribution in [0.3, 0.4) is 0 Å². The molecular formula is C13H12BrF3N2S. The Bertz CT molecular complexity index is 569. The van der Waals surface area contributed by atoms with Crippen molar-refractivity contribution in [1.82, 2.24) is 4.98 Å².